The van der Waals surface area contributed by atoms with Gasteiger partial charge in [-0.25, -0.2) is 0 Å². The number of aromatic nitrogens is 2. The zero-order valence-electron chi connectivity index (χ0n) is 23.4. The summed E-state index contributed by atoms with van der Waals surface area (Å²) in [4.78, 5) is 18.0. The zero-order valence-corrected chi connectivity index (χ0v) is 23.4. The quantitative estimate of drug-likeness (QED) is 0.224. The highest BCUT2D eigenvalue weighted by Crippen LogP contribution is 2.44. The summed E-state index contributed by atoms with van der Waals surface area (Å²) < 4.78 is 2.30. The summed E-state index contributed by atoms with van der Waals surface area (Å²) in [5.74, 6) is 1.59. The van der Waals surface area contributed by atoms with Crippen LogP contribution in [0.3, 0.4) is 0 Å². The fraction of sp³-hybridized carbons (Fsp3) is 0.545. The molecule has 1 fully saturated rings. The molecule has 1 heterocycles. The lowest BCUT2D eigenvalue weighted by Gasteiger charge is -2.32. The lowest BCUT2D eigenvalue weighted by Crippen LogP contribution is -2.32. The second kappa shape index (κ2) is 12.5. The molecule has 0 atom stereocenters. The molecule has 0 aliphatic heterocycles. The van der Waals surface area contributed by atoms with E-state index in [-0.39, 0.29) is 11.0 Å². The second-order valence-electron chi connectivity index (χ2n) is 11.1. The third-order valence-corrected chi connectivity index (χ3v) is 8.07. The van der Waals surface area contributed by atoms with Gasteiger partial charge in [0.05, 0.1) is 11.3 Å². The van der Waals surface area contributed by atoms with E-state index in [1.165, 1.54) is 36.0 Å². The third-order valence-electron chi connectivity index (χ3n) is 8.07. The van der Waals surface area contributed by atoms with Crippen molar-refractivity contribution >= 4 is 11.6 Å². The molecule has 1 aliphatic carbocycles. The van der Waals surface area contributed by atoms with Crippen molar-refractivity contribution in [3.8, 4) is 0 Å². The van der Waals surface area contributed by atoms with Crippen molar-refractivity contribution in [2.24, 2.45) is 5.92 Å². The van der Waals surface area contributed by atoms with Gasteiger partial charge in [-0.05, 0) is 61.6 Å². The molecule has 0 amide bonds. The molecule has 1 aromatic carbocycles. The van der Waals surface area contributed by atoms with Crippen LogP contribution in [0.1, 0.15) is 113 Å². The Morgan fingerprint density at radius 1 is 1.14 bits per heavy atom. The lowest BCUT2D eigenvalue weighted by molar-refractivity contribution is 0.406. The van der Waals surface area contributed by atoms with Crippen molar-refractivity contribution in [3.63, 3.8) is 0 Å². The number of hydrogen-bond donors (Lipinski definition) is 0. The Bertz CT molecular complexity index is 1150. The maximum Gasteiger partial charge on any atom is 0.280 e. The van der Waals surface area contributed by atoms with Crippen LogP contribution in [0.5, 0.6) is 0 Å². The predicted octanol–water partition coefficient (Wildman–Crippen LogP) is 8.08. The highest BCUT2D eigenvalue weighted by atomic mass is 16.1. The van der Waals surface area contributed by atoms with Crippen LogP contribution in [-0.2, 0) is 31.2 Å². The number of benzene rings is 1. The SMILES string of the molecule is C=C=C(C)c1c(C=C)c(=O)nc(CC2(c3cc(CC)cc(CC)c3)CCCC2)n1CCCCC(C)C. The molecule has 2 aromatic rings. The smallest absolute Gasteiger partial charge is 0.280 e. The fourth-order valence-corrected chi connectivity index (χ4v) is 5.88. The molecule has 1 saturated carbocycles. The minimum absolute atomic E-state index is 0.0208. The van der Waals surface area contributed by atoms with Crippen LogP contribution in [0.25, 0.3) is 11.6 Å². The molecule has 3 rings (SSSR count). The van der Waals surface area contributed by atoms with Gasteiger partial charge in [-0.3, -0.25) is 4.79 Å². The van der Waals surface area contributed by atoms with Crippen LogP contribution in [0.15, 0.2) is 41.9 Å². The van der Waals surface area contributed by atoms with E-state index >= 15 is 0 Å². The number of hydrogen-bond acceptors (Lipinski definition) is 2. The van der Waals surface area contributed by atoms with Gasteiger partial charge in [-0.15, -0.1) is 5.73 Å². The molecule has 0 N–H and O–H groups in total. The molecule has 1 aromatic heterocycles. The van der Waals surface area contributed by atoms with Crippen LogP contribution in [-0.4, -0.2) is 9.55 Å². The summed E-state index contributed by atoms with van der Waals surface area (Å²) in [5.41, 5.74) is 9.48. The molecule has 3 heteroatoms. The topological polar surface area (TPSA) is 34.9 Å². The van der Waals surface area contributed by atoms with Crippen molar-refractivity contribution in [3.05, 3.63) is 81.2 Å². The Morgan fingerprint density at radius 2 is 1.78 bits per heavy atom. The molecule has 0 bridgehead atoms. The minimum atomic E-state index is -0.187. The van der Waals surface area contributed by atoms with E-state index in [0.717, 1.165) is 68.6 Å². The van der Waals surface area contributed by atoms with Gasteiger partial charge in [0.2, 0.25) is 0 Å². The lowest BCUT2D eigenvalue weighted by atomic mass is 9.74. The standard InChI is InChI=1S/C33H46N2O/c1-8-25(7)31-29(11-4)32(36)34-30(35(31)19-15-12-16-24(5)6)23-33(17-13-14-18-33)28-21-26(9-2)20-27(10-3)22-28/h11,20-22,24H,1,4,9-10,12-19,23H2,2-3,5-7H3. The van der Waals surface area contributed by atoms with Crippen LogP contribution < -0.4 is 5.56 Å². The van der Waals surface area contributed by atoms with Gasteiger partial charge < -0.3 is 4.57 Å². The van der Waals surface area contributed by atoms with Crippen LogP contribution in [0.2, 0.25) is 0 Å². The summed E-state index contributed by atoms with van der Waals surface area (Å²) >= 11 is 0. The van der Waals surface area contributed by atoms with E-state index in [2.05, 4.69) is 69.4 Å². The Labute approximate surface area is 219 Å². The molecular weight excluding hydrogens is 440 g/mol. The Kier molecular flexibility index (Phi) is 9.74. The third kappa shape index (κ3) is 6.19. The first-order chi connectivity index (χ1) is 17.3. The van der Waals surface area contributed by atoms with Crippen molar-refractivity contribution < 1.29 is 0 Å². The maximum atomic E-state index is 13.2. The summed E-state index contributed by atoms with van der Waals surface area (Å²) in [6.07, 6.45) is 12.7. The number of unbranched alkanes of at least 4 members (excludes halogenated alkanes) is 1. The van der Waals surface area contributed by atoms with Gasteiger partial charge in [0.15, 0.2) is 0 Å². The van der Waals surface area contributed by atoms with Crippen molar-refractivity contribution in [1.29, 1.82) is 0 Å². The molecule has 1 aliphatic rings. The number of rotatable bonds is 12. The molecule has 0 unspecified atom stereocenters. The zero-order chi connectivity index (χ0) is 26.3. The van der Waals surface area contributed by atoms with Crippen molar-refractivity contribution in [2.45, 2.75) is 111 Å². The van der Waals surface area contributed by atoms with Crippen LogP contribution in [0.4, 0.5) is 0 Å². The number of allylic oxidation sites excluding steroid dienone is 1. The average Bonchev–Trinajstić information content (AvgIpc) is 3.35. The molecule has 0 spiro atoms. The Morgan fingerprint density at radius 3 is 2.31 bits per heavy atom. The average molecular weight is 487 g/mol. The van der Waals surface area contributed by atoms with Gasteiger partial charge in [-0.1, -0.05) is 90.8 Å². The Hall–Kier alpha value is -2.64. The van der Waals surface area contributed by atoms with Gasteiger partial charge in [0.1, 0.15) is 5.82 Å². The largest absolute Gasteiger partial charge is 0.328 e. The van der Waals surface area contributed by atoms with E-state index in [1.54, 1.807) is 6.08 Å². The molecule has 194 valence electrons. The van der Waals surface area contributed by atoms with Gasteiger partial charge >= 0.3 is 0 Å². The molecule has 0 radical (unpaired) electrons. The van der Waals surface area contributed by atoms with E-state index in [9.17, 15) is 4.79 Å². The first kappa shape index (κ1) is 27.9. The maximum absolute atomic E-state index is 13.2. The number of nitrogens with zero attached hydrogens (tertiary/aromatic N) is 2. The minimum Gasteiger partial charge on any atom is -0.328 e. The highest BCUT2D eigenvalue weighted by Gasteiger charge is 2.38. The molecule has 0 saturated heterocycles. The van der Waals surface area contributed by atoms with Crippen molar-refractivity contribution in [2.75, 3.05) is 0 Å². The predicted molar refractivity (Wildman–Crippen MR) is 155 cm³/mol. The van der Waals surface area contributed by atoms with Crippen molar-refractivity contribution in [1.82, 2.24) is 9.55 Å². The van der Waals surface area contributed by atoms with Gasteiger partial charge in [0.25, 0.3) is 5.56 Å². The molecular formula is C33H46N2O. The summed E-state index contributed by atoms with van der Waals surface area (Å²) in [7, 11) is 0. The molecule has 36 heavy (non-hydrogen) atoms. The van der Waals surface area contributed by atoms with Gasteiger partial charge in [0, 0.05) is 24.0 Å². The van der Waals surface area contributed by atoms with Gasteiger partial charge in [-0.2, -0.15) is 4.98 Å². The van der Waals surface area contributed by atoms with E-state index in [1.807, 2.05) is 6.92 Å². The first-order valence-corrected chi connectivity index (χ1v) is 14.0. The first-order valence-electron chi connectivity index (χ1n) is 14.0. The highest BCUT2D eigenvalue weighted by molar-refractivity contribution is 5.69. The Balaban J connectivity index is 2.16. The van der Waals surface area contributed by atoms with E-state index in [4.69, 9.17) is 4.98 Å². The monoisotopic (exact) mass is 486 g/mol. The van der Waals surface area contributed by atoms with E-state index < -0.39 is 0 Å². The normalized spacial score (nSPS) is 14.7. The second-order valence-corrected chi connectivity index (χ2v) is 11.1. The molecule has 3 nitrogen and oxygen atoms in total. The van der Waals surface area contributed by atoms with Crippen LogP contribution in [0, 0.1) is 5.92 Å². The fourth-order valence-electron chi connectivity index (χ4n) is 5.88. The summed E-state index contributed by atoms with van der Waals surface area (Å²) in [5, 5.41) is 0. The summed E-state index contributed by atoms with van der Waals surface area (Å²) in [6, 6.07) is 7.19. The summed E-state index contributed by atoms with van der Waals surface area (Å²) in [6.45, 7) is 19.7. The van der Waals surface area contributed by atoms with E-state index in [0.29, 0.717) is 11.5 Å². The number of aryl methyl sites for hydroxylation is 2. The van der Waals surface area contributed by atoms with Crippen LogP contribution >= 0.6 is 0 Å².